The number of ether oxygens (including phenoxy) is 1. The van der Waals surface area contributed by atoms with E-state index in [9.17, 15) is 18.3 Å². The van der Waals surface area contributed by atoms with Gasteiger partial charge in [-0.15, -0.1) is 0 Å². The van der Waals surface area contributed by atoms with Gasteiger partial charge in [0.25, 0.3) is 0 Å². The van der Waals surface area contributed by atoms with Gasteiger partial charge >= 0.3 is 6.09 Å². The first-order chi connectivity index (χ1) is 15.9. The Morgan fingerprint density at radius 2 is 1.91 bits per heavy atom. The number of anilines is 1. The molecule has 10 heteroatoms. The third kappa shape index (κ3) is 4.30. The van der Waals surface area contributed by atoms with Gasteiger partial charge in [-0.25, -0.2) is 13.2 Å². The molecule has 1 aliphatic heterocycles. The second kappa shape index (κ2) is 8.70. The molecule has 1 fully saturated rings. The lowest BCUT2D eigenvalue weighted by atomic mass is 9.84. The summed E-state index contributed by atoms with van der Waals surface area (Å²) in [6, 6.07) is 9.53. The number of benzene rings is 2. The van der Waals surface area contributed by atoms with Crippen LogP contribution >= 0.6 is 11.6 Å². The van der Waals surface area contributed by atoms with Crippen LogP contribution in [0.25, 0.3) is 10.9 Å². The molecule has 0 radical (unpaired) electrons. The molecule has 0 bridgehead atoms. The Morgan fingerprint density at radius 1 is 1.18 bits per heavy atom. The number of carbonyl (C=O) groups is 1. The maximum Gasteiger partial charge on any atom is 0.407 e. The summed E-state index contributed by atoms with van der Waals surface area (Å²) in [6.45, 7) is 7.14. The third-order valence-corrected chi connectivity index (χ3v) is 8.35. The number of hydrogen-bond donors (Lipinski definition) is 2. The number of piperazine rings is 1. The average molecular weight is 506 g/mol. The Labute approximate surface area is 204 Å². The topological polar surface area (TPSA) is 103 Å². The van der Waals surface area contributed by atoms with E-state index in [1.54, 1.807) is 30.3 Å². The fraction of sp³-hybridized carbons (Fsp3) is 0.375. The number of nitrogens with one attached hydrogen (secondary N) is 1. The van der Waals surface area contributed by atoms with Gasteiger partial charge < -0.3 is 24.6 Å². The number of aromatic amines is 1. The van der Waals surface area contributed by atoms with Crippen LogP contribution in [0.3, 0.4) is 0 Å². The third-order valence-electron chi connectivity index (χ3n) is 6.32. The molecule has 4 rings (SSSR count). The van der Waals surface area contributed by atoms with Crippen LogP contribution in [0, 0.1) is 5.41 Å². The van der Waals surface area contributed by atoms with Gasteiger partial charge in [0, 0.05) is 41.8 Å². The maximum absolute atomic E-state index is 13.6. The highest BCUT2D eigenvalue weighted by Crippen LogP contribution is 2.38. The molecule has 8 nitrogen and oxygen atoms in total. The molecule has 3 aromatic rings. The SMILES string of the molecule is COc1ccc(S(=O)(=O)c2c[nH]c3cc(Cl)ccc23)cc1N1CCN(C(=O)O)C(C(C)(C)C)C1. The number of carboxylic acid groups (broad SMARTS) is 1. The molecular formula is C24H28ClN3O5S. The van der Waals surface area contributed by atoms with Gasteiger partial charge in [-0.1, -0.05) is 38.4 Å². The number of aromatic nitrogens is 1. The van der Waals surface area contributed by atoms with Crippen molar-refractivity contribution in [3.63, 3.8) is 0 Å². The van der Waals surface area contributed by atoms with E-state index < -0.39 is 15.9 Å². The largest absolute Gasteiger partial charge is 0.495 e. The average Bonchev–Trinajstić information content (AvgIpc) is 3.21. The van der Waals surface area contributed by atoms with E-state index >= 15 is 0 Å². The number of nitrogens with zero attached hydrogens (tertiary/aromatic N) is 2. The molecule has 0 spiro atoms. The molecule has 2 N–H and O–H groups in total. The van der Waals surface area contributed by atoms with Crippen molar-refractivity contribution >= 4 is 44.1 Å². The Kier molecular flexibility index (Phi) is 6.20. The summed E-state index contributed by atoms with van der Waals surface area (Å²) in [5, 5.41) is 10.8. The molecule has 0 aliphatic carbocycles. The fourth-order valence-corrected chi connectivity index (χ4v) is 6.10. The zero-order valence-corrected chi connectivity index (χ0v) is 21.1. The molecule has 1 aromatic heterocycles. The summed E-state index contributed by atoms with van der Waals surface area (Å²) in [5.74, 6) is 0.529. The minimum absolute atomic E-state index is 0.132. The van der Waals surface area contributed by atoms with E-state index in [1.165, 1.54) is 24.3 Å². The number of rotatable bonds is 4. The molecule has 1 saturated heterocycles. The molecule has 1 atom stereocenters. The normalized spacial score (nSPS) is 17.3. The van der Waals surface area contributed by atoms with E-state index in [0.29, 0.717) is 47.0 Å². The number of H-pyrrole nitrogens is 1. The van der Waals surface area contributed by atoms with E-state index in [-0.39, 0.29) is 21.2 Å². The second-order valence-corrected chi connectivity index (χ2v) is 11.8. The van der Waals surface area contributed by atoms with Gasteiger partial charge in [0.05, 0.1) is 28.6 Å². The fourth-order valence-electron chi connectivity index (χ4n) is 4.48. The second-order valence-electron chi connectivity index (χ2n) is 9.48. The van der Waals surface area contributed by atoms with Crippen LogP contribution in [-0.4, -0.2) is 62.3 Å². The summed E-state index contributed by atoms with van der Waals surface area (Å²) < 4.78 is 32.7. The Balaban J connectivity index is 1.76. The minimum atomic E-state index is -3.85. The van der Waals surface area contributed by atoms with Crippen LogP contribution in [0.15, 0.2) is 52.4 Å². The first-order valence-electron chi connectivity index (χ1n) is 10.9. The first kappa shape index (κ1) is 24.2. The number of hydrogen-bond acceptors (Lipinski definition) is 5. The van der Waals surface area contributed by atoms with Crippen molar-refractivity contribution in [1.29, 1.82) is 0 Å². The van der Waals surface area contributed by atoms with Crippen molar-refractivity contribution in [3.8, 4) is 5.75 Å². The van der Waals surface area contributed by atoms with Crippen molar-refractivity contribution in [2.24, 2.45) is 5.41 Å². The van der Waals surface area contributed by atoms with E-state index in [0.717, 1.165) is 0 Å². The highest BCUT2D eigenvalue weighted by atomic mass is 35.5. The van der Waals surface area contributed by atoms with Crippen molar-refractivity contribution in [2.45, 2.75) is 36.6 Å². The van der Waals surface area contributed by atoms with Crippen LogP contribution in [0.5, 0.6) is 5.75 Å². The van der Waals surface area contributed by atoms with Crippen molar-refractivity contribution < 1.29 is 23.1 Å². The van der Waals surface area contributed by atoms with Crippen molar-refractivity contribution in [3.05, 3.63) is 47.6 Å². The Hall–Kier alpha value is -2.91. The lowest BCUT2D eigenvalue weighted by Crippen LogP contribution is -2.59. The van der Waals surface area contributed by atoms with Crippen LogP contribution < -0.4 is 9.64 Å². The van der Waals surface area contributed by atoms with Gasteiger partial charge in [-0.2, -0.15) is 0 Å². The van der Waals surface area contributed by atoms with Gasteiger partial charge in [0.15, 0.2) is 0 Å². The van der Waals surface area contributed by atoms with E-state index in [1.807, 2.05) is 25.7 Å². The van der Waals surface area contributed by atoms with Crippen LogP contribution in [0.1, 0.15) is 20.8 Å². The zero-order chi connectivity index (χ0) is 24.8. The number of sulfone groups is 1. The summed E-state index contributed by atoms with van der Waals surface area (Å²) >= 11 is 6.04. The molecule has 182 valence electrons. The van der Waals surface area contributed by atoms with Gasteiger partial charge in [-0.3, -0.25) is 0 Å². The highest BCUT2D eigenvalue weighted by Gasteiger charge is 2.39. The molecular weight excluding hydrogens is 478 g/mol. The summed E-state index contributed by atoms with van der Waals surface area (Å²) in [4.78, 5) is 18.6. The summed E-state index contributed by atoms with van der Waals surface area (Å²) in [5.41, 5.74) is 0.947. The van der Waals surface area contributed by atoms with E-state index in [4.69, 9.17) is 16.3 Å². The quantitative estimate of drug-likeness (QED) is 0.524. The minimum Gasteiger partial charge on any atom is -0.495 e. The Bertz CT molecular complexity index is 1350. The van der Waals surface area contributed by atoms with Crippen molar-refractivity contribution in [1.82, 2.24) is 9.88 Å². The number of fused-ring (bicyclic) bond motifs is 1. The first-order valence-corrected chi connectivity index (χ1v) is 12.7. The van der Waals surface area contributed by atoms with Gasteiger partial charge in [0.1, 0.15) is 5.75 Å². The maximum atomic E-state index is 13.6. The molecule has 1 unspecified atom stereocenters. The smallest absolute Gasteiger partial charge is 0.407 e. The van der Waals surface area contributed by atoms with E-state index in [2.05, 4.69) is 4.98 Å². The van der Waals surface area contributed by atoms with Crippen molar-refractivity contribution in [2.75, 3.05) is 31.6 Å². The molecule has 2 aromatic carbocycles. The summed E-state index contributed by atoms with van der Waals surface area (Å²) in [6.07, 6.45) is 0.518. The standard InChI is InChI=1S/C24H28ClN3O5S/c1-24(2,3)22-14-27(9-10-28(22)23(29)30)19-12-16(6-8-20(19)33-4)34(31,32)21-13-26-18-11-15(25)5-7-17(18)21/h5-8,11-13,22,26H,9-10,14H2,1-4H3,(H,29,30). The van der Waals surface area contributed by atoms with Crippen LogP contribution in [0.4, 0.5) is 10.5 Å². The number of amides is 1. The molecule has 2 heterocycles. The molecule has 1 amide bonds. The lowest BCUT2D eigenvalue weighted by Gasteiger charge is -2.46. The number of methoxy groups -OCH3 is 1. The summed E-state index contributed by atoms with van der Waals surface area (Å²) in [7, 11) is -2.32. The number of halogens is 1. The highest BCUT2D eigenvalue weighted by molar-refractivity contribution is 7.91. The predicted molar refractivity (Wildman–Crippen MR) is 132 cm³/mol. The van der Waals surface area contributed by atoms with Gasteiger partial charge in [0.2, 0.25) is 9.84 Å². The zero-order valence-electron chi connectivity index (χ0n) is 19.5. The van der Waals surface area contributed by atoms with Crippen LogP contribution in [-0.2, 0) is 9.84 Å². The lowest BCUT2D eigenvalue weighted by molar-refractivity contribution is 0.0747. The molecule has 0 saturated carbocycles. The van der Waals surface area contributed by atoms with Crippen LogP contribution in [0.2, 0.25) is 5.02 Å². The molecule has 34 heavy (non-hydrogen) atoms. The predicted octanol–water partition coefficient (Wildman–Crippen LogP) is 4.88. The van der Waals surface area contributed by atoms with Gasteiger partial charge in [-0.05, 0) is 35.7 Å². The Morgan fingerprint density at radius 3 is 2.56 bits per heavy atom. The molecule has 1 aliphatic rings. The monoisotopic (exact) mass is 505 g/mol.